The number of benzene rings is 2. The zero-order valence-electron chi connectivity index (χ0n) is 14.4. The smallest absolute Gasteiger partial charge is 0.258 e. The van der Waals surface area contributed by atoms with Crippen LogP contribution in [0.15, 0.2) is 58.3 Å². The van der Waals surface area contributed by atoms with Gasteiger partial charge in [-0.2, -0.15) is 8.61 Å². The first-order chi connectivity index (χ1) is 13.1. The number of nitro benzene ring substituents is 1. The number of hydrogen-bond acceptors (Lipinski definition) is 6. The van der Waals surface area contributed by atoms with Gasteiger partial charge in [0, 0.05) is 38.3 Å². The van der Waals surface area contributed by atoms with Gasteiger partial charge in [-0.05, 0) is 24.3 Å². The summed E-state index contributed by atoms with van der Waals surface area (Å²) in [5, 5.41) is 10.8. The molecule has 9 nitrogen and oxygen atoms in total. The first-order valence-corrected chi connectivity index (χ1v) is 11.4. The molecular formula is C16H16ClN3O6S2. The van der Waals surface area contributed by atoms with Gasteiger partial charge >= 0.3 is 0 Å². The van der Waals surface area contributed by atoms with Gasteiger partial charge in [0.05, 0.1) is 14.8 Å². The number of rotatable bonds is 5. The zero-order chi connectivity index (χ0) is 20.5. The normalized spacial score (nSPS) is 16.8. The molecule has 0 radical (unpaired) electrons. The minimum Gasteiger partial charge on any atom is -0.258 e. The van der Waals surface area contributed by atoms with Crippen LogP contribution in [0.4, 0.5) is 5.69 Å². The topological polar surface area (TPSA) is 118 Å². The molecule has 0 aliphatic carbocycles. The maximum absolute atomic E-state index is 12.7. The lowest BCUT2D eigenvalue weighted by Gasteiger charge is -2.33. The van der Waals surface area contributed by atoms with Crippen molar-refractivity contribution in [3.05, 3.63) is 63.7 Å². The van der Waals surface area contributed by atoms with Crippen molar-refractivity contribution in [1.29, 1.82) is 0 Å². The molecule has 28 heavy (non-hydrogen) atoms. The van der Waals surface area contributed by atoms with Crippen LogP contribution in [0, 0.1) is 10.1 Å². The zero-order valence-corrected chi connectivity index (χ0v) is 16.8. The molecule has 2 aromatic carbocycles. The van der Waals surface area contributed by atoms with E-state index in [0.717, 1.165) is 16.4 Å². The van der Waals surface area contributed by atoms with Gasteiger partial charge in [0.25, 0.3) is 5.69 Å². The molecule has 0 atom stereocenters. The second kappa shape index (κ2) is 7.76. The summed E-state index contributed by atoms with van der Waals surface area (Å²) < 4.78 is 53.3. The lowest BCUT2D eigenvalue weighted by atomic mass is 10.3. The van der Waals surface area contributed by atoms with E-state index in [1.165, 1.54) is 28.6 Å². The van der Waals surface area contributed by atoms with E-state index in [-0.39, 0.29) is 46.7 Å². The molecule has 3 rings (SSSR count). The number of piperazine rings is 1. The largest absolute Gasteiger partial charge is 0.269 e. The van der Waals surface area contributed by atoms with Crippen molar-refractivity contribution >= 4 is 37.3 Å². The fraction of sp³-hybridized carbons (Fsp3) is 0.250. The summed E-state index contributed by atoms with van der Waals surface area (Å²) in [7, 11) is -7.72. The molecule has 0 bridgehead atoms. The molecule has 0 aromatic heterocycles. The fourth-order valence-electron chi connectivity index (χ4n) is 2.83. The van der Waals surface area contributed by atoms with E-state index in [2.05, 4.69) is 0 Å². The summed E-state index contributed by atoms with van der Waals surface area (Å²) in [6, 6.07) is 10.6. The predicted octanol–water partition coefficient (Wildman–Crippen LogP) is 1.94. The average molecular weight is 446 g/mol. The third kappa shape index (κ3) is 3.89. The van der Waals surface area contributed by atoms with Crippen molar-refractivity contribution in [1.82, 2.24) is 8.61 Å². The molecule has 0 N–H and O–H groups in total. The van der Waals surface area contributed by atoms with E-state index in [1.807, 2.05) is 0 Å². The molecule has 0 unspecified atom stereocenters. The third-order valence-corrected chi connectivity index (χ3v) is 8.65. The van der Waals surface area contributed by atoms with E-state index >= 15 is 0 Å². The second-order valence-corrected chi connectivity index (χ2v) is 10.2. The Morgan fingerprint density at radius 3 is 1.82 bits per heavy atom. The van der Waals surface area contributed by atoms with Gasteiger partial charge in [-0.1, -0.05) is 23.7 Å². The van der Waals surface area contributed by atoms with E-state index < -0.39 is 25.0 Å². The van der Waals surface area contributed by atoms with Crippen molar-refractivity contribution in [2.24, 2.45) is 0 Å². The first kappa shape index (κ1) is 20.7. The predicted molar refractivity (Wildman–Crippen MR) is 102 cm³/mol. The van der Waals surface area contributed by atoms with Crippen molar-refractivity contribution in [2.45, 2.75) is 9.79 Å². The number of nitrogens with zero attached hydrogens (tertiary/aromatic N) is 3. The van der Waals surface area contributed by atoms with Crippen LogP contribution >= 0.6 is 11.6 Å². The van der Waals surface area contributed by atoms with Gasteiger partial charge in [0.2, 0.25) is 20.0 Å². The SMILES string of the molecule is O=[N+]([O-])c1ccc(S(=O)(=O)N2CCN(S(=O)(=O)c3ccccc3Cl)CC2)cc1. The lowest BCUT2D eigenvalue weighted by molar-refractivity contribution is -0.384. The van der Waals surface area contributed by atoms with E-state index in [0.29, 0.717) is 0 Å². The molecular weight excluding hydrogens is 430 g/mol. The van der Waals surface area contributed by atoms with Gasteiger partial charge < -0.3 is 0 Å². The lowest BCUT2D eigenvalue weighted by Crippen LogP contribution is -2.50. The minimum absolute atomic E-state index is 0.0247. The Morgan fingerprint density at radius 1 is 0.821 bits per heavy atom. The van der Waals surface area contributed by atoms with E-state index in [4.69, 9.17) is 11.6 Å². The maximum atomic E-state index is 12.7. The molecule has 150 valence electrons. The standard InChI is InChI=1S/C16H16ClN3O6S2/c17-15-3-1-2-4-16(15)28(25,26)19-11-9-18(10-12-19)27(23,24)14-7-5-13(6-8-14)20(21)22/h1-8H,9-12H2. The van der Waals surface area contributed by atoms with E-state index in [1.54, 1.807) is 12.1 Å². The van der Waals surface area contributed by atoms with Crippen LogP contribution < -0.4 is 0 Å². The first-order valence-electron chi connectivity index (χ1n) is 8.13. The van der Waals surface area contributed by atoms with Gasteiger partial charge in [0.1, 0.15) is 4.90 Å². The Balaban J connectivity index is 1.76. The maximum Gasteiger partial charge on any atom is 0.269 e. The van der Waals surface area contributed by atoms with Crippen LogP contribution in [0.5, 0.6) is 0 Å². The molecule has 1 aliphatic rings. The number of nitro groups is 1. The monoisotopic (exact) mass is 445 g/mol. The summed E-state index contributed by atoms with van der Waals surface area (Å²) in [6.07, 6.45) is 0. The summed E-state index contributed by atoms with van der Waals surface area (Å²) in [6.45, 7) is -0.133. The highest BCUT2D eigenvalue weighted by molar-refractivity contribution is 7.89. The molecule has 0 spiro atoms. The minimum atomic E-state index is -3.88. The van der Waals surface area contributed by atoms with Crippen LogP contribution in [-0.2, 0) is 20.0 Å². The highest BCUT2D eigenvalue weighted by atomic mass is 35.5. The quantitative estimate of drug-likeness (QED) is 0.512. The van der Waals surface area contributed by atoms with Crippen LogP contribution in [0.2, 0.25) is 5.02 Å². The molecule has 1 fully saturated rings. The van der Waals surface area contributed by atoms with Gasteiger partial charge in [-0.15, -0.1) is 0 Å². The highest BCUT2D eigenvalue weighted by Crippen LogP contribution is 2.26. The Labute approximate surface area is 167 Å². The van der Waals surface area contributed by atoms with Gasteiger partial charge in [0.15, 0.2) is 0 Å². The van der Waals surface area contributed by atoms with Crippen LogP contribution in [0.1, 0.15) is 0 Å². The molecule has 1 saturated heterocycles. The number of hydrogen-bond donors (Lipinski definition) is 0. The molecule has 1 heterocycles. The molecule has 12 heteroatoms. The Kier molecular flexibility index (Phi) is 5.73. The number of halogens is 1. The van der Waals surface area contributed by atoms with Crippen molar-refractivity contribution in [3.8, 4) is 0 Å². The third-order valence-electron chi connectivity index (χ3n) is 4.34. The van der Waals surface area contributed by atoms with Crippen LogP contribution in [0.3, 0.4) is 0 Å². The summed E-state index contributed by atoms with van der Waals surface area (Å²) in [5.74, 6) is 0. The van der Waals surface area contributed by atoms with Crippen LogP contribution in [0.25, 0.3) is 0 Å². The van der Waals surface area contributed by atoms with E-state index in [9.17, 15) is 26.9 Å². The van der Waals surface area contributed by atoms with Gasteiger partial charge in [-0.3, -0.25) is 10.1 Å². The highest BCUT2D eigenvalue weighted by Gasteiger charge is 2.34. The fourth-order valence-corrected chi connectivity index (χ4v) is 6.17. The van der Waals surface area contributed by atoms with Crippen molar-refractivity contribution in [3.63, 3.8) is 0 Å². The Hall–Kier alpha value is -2.05. The average Bonchev–Trinajstić information content (AvgIpc) is 2.68. The van der Waals surface area contributed by atoms with Crippen LogP contribution in [-0.4, -0.2) is 56.5 Å². The van der Waals surface area contributed by atoms with Gasteiger partial charge in [-0.25, -0.2) is 16.8 Å². The number of non-ortho nitro benzene ring substituents is 1. The molecule has 0 saturated carbocycles. The summed E-state index contributed by atoms with van der Waals surface area (Å²) >= 11 is 5.98. The Bertz CT molecular complexity index is 1100. The van der Waals surface area contributed by atoms with Crippen molar-refractivity contribution in [2.75, 3.05) is 26.2 Å². The second-order valence-electron chi connectivity index (χ2n) is 5.99. The summed E-state index contributed by atoms with van der Waals surface area (Å²) in [4.78, 5) is 9.98. The van der Waals surface area contributed by atoms with Crippen molar-refractivity contribution < 1.29 is 21.8 Å². The number of sulfonamides is 2. The molecule has 0 amide bonds. The molecule has 1 aliphatic heterocycles. The Morgan fingerprint density at radius 2 is 1.32 bits per heavy atom. The summed E-state index contributed by atoms with van der Waals surface area (Å²) in [5.41, 5.74) is -0.213. The molecule has 2 aromatic rings.